The lowest BCUT2D eigenvalue weighted by Gasteiger charge is -2.33. The third-order valence-electron chi connectivity index (χ3n) is 4.07. The highest BCUT2D eigenvalue weighted by molar-refractivity contribution is 7.09. The maximum Gasteiger partial charge on any atom is 0.0797 e. The third kappa shape index (κ3) is 4.55. The van der Waals surface area contributed by atoms with Crippen molar-refractivity contribution in [3.63, 3.8) is 0 Å². The minimum absolute atomic E-state index is 0.622. The van der Waals surface area contributed by atoms with Gasteiger partial charge in [-0.05, 0) is 46.6 Å². The fourth-order valence-corrected chi connectivity index (χ4v) is 3.50. The molecule has 1 aromatic heterocycles. The van der Waals surface area contributed by atoms with Gasteiger partial charge in [-0.1, -0.05) is 6.42 Å². The van der Waals surface area contributed by atoms with Crippen LogP contribution in [0.3, 0.4) is 0 Å². The summed E-state index contributed by atoms with van der Waals surface area (Å²) >= 11 is 1.80. The van der Waals surface area contributed by atoms with Crippen LogP contribution in [0.25, 0.3) is 0 Å². The molecule has 0 spiro atoms. The van der Waals surface area contributed by atoms with Crippen molar-refractivity contribution >= 4 is 11.3 Å². The molecule has 0 saturated carbocycles. The van der Waals surface area contributed by atoms with E-state index in [9.17, 15) is 0 Å². The highest BCUT2D eigenvalue weighted by atomic mass is 32.1. The third-order valence-corrected chi connectivity index (χ3v) is 5.06. The Balaban J connectivity index is 1.83. The number of hydrogen-bond donors (Lipinski definition) is 1. The first-order valence-electron chi connectivity index (χ1n) is 7.53. The molecule has 2 rings (SSSR count). The lowest BCUT2D eigenvalue weighted by atomic mass is 10.0. The predicted octanol–water partition coefficient (Wildman–Crippen LogP) is 2.85. The zero-order valence-electron chi connectivity index (χ0n) is 12.5. The SMILES string of the molecule is Cc1ncsc1CCN(CC1CCCCN1)C(C)C. The first-order chi connectivity index (χ1) is 9.16. The molecular weight excluding hydrogens is 254 g/mol. The van der Waals surface area contributed by atoms with Gasteiger partial charge in [0.05, 0.1) is 11.2 Å². The monoisotopic (exact) mass is 281 g/mol. The van der Waals surface area contributed by atoms with E-state index in [1.165, 1.54) is 42.9 Å². The van der Waals surface area contributed by atoms with Crippen LogP contribution in [0.2, 0.25) is 0 Å². The van der Waals surface area contributed by atoms with Gasteiger partial charge in [0.1, 0.15) is 0 Å². The first kappa shape index (κ1) is 14.9. The van der Waals surface area contributed by atoms with E-state index in [4.69, 9.17) is 0 Å². The number of nitrogens with one attached hydrogen (secondary N) is 1. The molecule has 1 aliphatic heterocycles. The summed E-state index contributed by atoms with van der Waals surface area (Å²) < 4.78 is 0. The average Bonchev–Trinajstić information content (AvgIpc) is 2.81. The van der Waals surface area contributed by atoms with Crippen LogP contribution >= 0.6 is 11.3 Å². The summed E-state index contributed by atoms with van der Waals surface area (Å²) in [7, 11) is 0. The van der Waals surface area contributed by atoms with Gasteiger partial charge >= 0.3 is 0 Å². The van der Waals surface area contributed by atoms with Crippen molar-refractivity contribution in [1.82, 2.24) is 15.2 Å². The van der Waals surface area contributed by atoms with E-state index in [1.807, 2.05) is 5.51 Å². The molecule has 0 radical (unpaired) electrons. The maximum absolute atomic E-state index is 4.34. The summed E-state index contributed by atoms with van der Waals surface area (Å²) in [5, 5.41) is 3.66. The van der Waals surface area contributed by atoms with Crippen molar-refractivity contribution in [3.05, 3.63) is 16.1 Å². The fraction of sp³-hybridized carbons (Fsp3) is 0.800. The highest BCUT2D eigenvalue weighted by Crippen LogP contribution is 2.15. The molecule has 1 N–H and O–H groups in total. The van der Waals surface area contributed by atoms with Gasteiger partial charge in [0.25, 0.3) is 0 Å². The molecule has 0 bridgehead atoms. The molecule has 1 aliphatic rings. The van der Waals surface area contributed by atoms with Gasteiger partial charge in [-0.3, -0.25) is 4.90 Å². The summed E-state index contributed by atoms with van der Waals surface area (Å²) in [5.74, 6) is 0. The molecule has 1 atom stereocenters. The minimum atomic E-state index is 0.622. The second-order valence-electron chi connectivity index (χ2n) is 5.85. The van der Waals surface area contributed by atoms with Crippen LogP contribution in [-0.2, 0) is 6.42 Å². The zero-order valence-corrected chi connectivity index (χ0v) is 13.3. The quantitative estimate of drug-likeness (QED) is 0.869. The van der Waals surface area contributed by atoms with Gasteiger partial charge < -0.3 is 5.32 Å². The summed E-state index contributed by atoms with van der Waals surface area (Å²) in [6.07, 6.45) is 5.21. The summed E-state index contributed by atoms with van der Waals surface area (Å²) in [4.78, 5) is 8.40. The van der Waals surface area contributed by atoms with E-state index in [0.717, 1.165) is 13.0 Å². The molecule has 2 heterocycles. The van der Waals surface area contributed by atoms with Crippen molar-refractivity contribution < 1.29 is 0 Å². The van der Waals surface area contributed by atoms with E-state index in [2.05, 4.69) is 36.0 Å². The normalized spacial score (nSPS) is 20.4. The predicted molar refractivity (Wildman–Crippen MR) is 82.9 cm³/mol. The topological polar surface area (TPSA) is 28.2 Å². The number of thiazole rings is 1. The molecule has 3 nitrogen and oxygen atoms in total. The fourth-order valence-electron chi connectivity index (χ4n) is 2.73. The van der Waals surface area contributed by atoms with Gasteiger partial charge in [-0.15, -0.1) is 11.3 Å². The Labute approximate surface area is 121 Å². The molecule has 4 heteroatoms. The van der Waals surface area contributed by atoms with Crippen LogP contribution in [0.5, 0.6) is 0 Å². The van der Waals surface area contributed by atoms with Crippen LogP contribution < -0.4 is 5.32 Å². The van der Waals surface area contributed by atoms with E-state index >= 15 is 0 Å². The lowest BCUT2D eigenvalue weighted by Crippen LogP contribution is -2.46. The minimum Gasteiger partial charge on any atom is -0.313 e. The van der Waals surface area contributed by atoms with Crippen molar-refractivity contribution in [3.8, 4) is 0 Å². The van der Waals surface area contributed by atoms with Gasteiger partial charge in [0.2, 0.25) is 0 Å². The van der Waals surface area contributed by atoms with Crippen molar-refractivity contribution in [2.45, 2.75) is 58.5 Å². The van der Waals surface area contributed by atoms with E-state index in [1.54, 1.807) is 11.3 Å². The number of aromatic nitrogens is 1. The van der Waals surface area contributed by atoms with Crippen molar-refractivity contribution in [1.29, 1.82) is 0 Å². The Hall–Kier alpha value is -0.450. The Kier molecular flexibility index (Phi) is 5.79. The molecule has 1 saturated heterocycles. The maximum atomic E-state index is 4.34. The standard InChI is InChI=1S/C15H27N3S/c1-12(2)18(10-14-6-4-5-8-16-14)9-7-15-13(3)17-11-19-15/h11-12,14,16H,4-10H2,1-3H3. The number of piperidine rings is 1. The largest absolute Gasteiger partial charge is 0.313 e. The molecule has 1 fully saturated rings. The van der Waals surface area contributed by atoms with Crippen LogP contribution in [0.15, 0.2) is 5.51 Å². The van der Waals surface area contributed by atoms with E-state index < -0.39 is 0 Å². The molecule has 108 valence electrons. The molecule has 19 heavy (non-hydrogen) atoms. The number of rotatable bonds is 6. The van der Waals surface area contributed by atoms with Crippen LogP contribution in [0.4, 0.5) is 0 Å². The number of aryl methyl sites for hydroxylation is 1. The summed E-state index contributed by atoms with van der Waals surface area (Å²) in [6.45, 7) is 10.3. The Morgan fingerprint density at radius 2 is 2.32 bits per heavy atom. The number of hydrogen-bond acceptors (Lipinski definition) is 4. The highest BCUT2D eigenvalue weighted by Gasteiger charge is 2.18. The Morgan fingerprint density at radius 3 is 2.89 bits per heavy atom. The van der Waals surface area contributed by atoms with Crippen LogP contribution in [0, 0.1) is 6.92 Å². The lowest BCUT2D eigenvalue weighted by molar-refractivity contribution is 0.187. The summed E-state index contributed by atoms with van der Waals surface area (Å²) in [6, 6.07) is 1.32. The summed E-state index contributed by atoms with van der Waals surface area (Å²) in [5.41, 5.74) is 3.18. The molecule has 1 unspecified atom stereocenters. The van der Waals surface area contributed by atoms with Crippen LogP contribution in [0.1, 0.15) is 43.7 Å². The van der Waals surface area contributed by atoms with Gasteiger partial charge in [0, 0.05) is 30.1 Å². The van der Waals surface area contributed by atoms with E-state index in [0.29, 0.717) is 12.1 Å². The Bertz CT molecular complexity index is 369. The molecule has 0 aromatic carbocycles. The zero-order chi connectivity index (χ0) is 13.7. The second-order valence-corrected chi connectivity index (χ2v) is 6.79. The molecule has 1 aromatic rings. The molecular formula is C15H27N3S. The van der Waals surface area contributed by atoms with Gasteiger partial charge in [0.15, 0.2) is 0 Å². The van der Waals surface area contributed by atoms with Gasteiger partial charge in [-0.25, -0.2) is 4.98 Å². The molecule has 0 amide bonds. The van der Waals surface area contributed by atoms with E-state index in [-0.39, 0.29) is 0 Å². The second kappa shape index (κ2) is 7.36. The van der Waals surface area contributed by atoms with Crippen molar-refractivity contribution in [2.75, 3.05) is 19.6 Å². The first-order valence-corrected chi connectivity index (χ1v) is 8.41. The molecule has 0 aliphatic carbocycles. The smallest absolute Gasteiger partial charge is 0.0797 e. The van der Waals surface area contributed by atoms with Crippen LogP contribution in [-0.4, -0.2) is 41.6 Å². The number of nitrogens with zero attached hydrogens (tertiary/aromatic N) is 2. The van der Waals surface area contributed by atoms with Gasteiger partial charge in [-0.2, -0.15) is 0 Å². The Morgan fingerprint density at radius 1 is 1.47 bits per heavy atom. The van der Waals surface area contributed by atoms with Crippen molar-refractivity contribution in [2.24, 2.45) is 0 Å². The average molecular weight is 281 g/mol.